The van der Waals surface area contributed by atoms with Crippen LogP contribution in [0.3, 0.4) is 0 Å². The van der Waals surface area contributed by atoms with E-state index >= 15 is 0 Å². The van der Waals surface area contributed by atoms with E-state index in [0.29, 0.717) is 40.1 Å². The highest BCUT2D eigenvalue weighted by atomic mass is 32.1. The summed E-state index contributed by atoms with van der Waals surface area (Å²) in [7, 11) is 1.69. The van der Waals surface area contributed by atoms with Gasteiger partial charge in [-0.25, -0.2) is 0 Å². The van der Waals surface area contributed by atoms with Gasteiger partial charge in [0.2, 0.25) is 0 Å². The molecular formula is C23H26F3N5OS. The molecule has 1 fully saturated rings. The Morgan fingerprint density at radius 3 is 2.70 bits per heavy atom. The first kappa shape index (κ1) is 23.6. The summed E-state index contributed by atoms with van der Waals surface area (Å²) in [5.74, 6) is 0.401. The first-order valence-electron chi connectivity index (χ1n) is 10.8. The molecule has 3 aromatic rings. The number of aromatic nitrogens is 3. The zero-order valence-electron chi connectivity index (χ0n) is 18.6. The number of alkyl halides is 3. The van der Waals surface area contributed by atoms with Gasteiger partial charge in [-0.3, -0.25) is 4.79 Å². The third-order valence-corrected chi connectivity index (χ3v) is 6.86. The Morgan fingerprint density at radius 2 is 2.03 bits per heavy atom. The number of hydrogen-bond donors (Lipinski definition) is 3. The van der Waals surface area contributed by atoms with Crippen LogP contribution >= 0.6 is 12.6 Å². The molecule has 0 radical (unpaired) electrons. The molecule has 0 saturated carbocycles. The Balaban J connectivity index is 1.80. The van der Waals surface area contributed by atoms with Crippen molar-refractivity contribution < 1.29 is 13.2 Å². The zero-order valence-corrected chi connectivity index (χ0v) is 19.5. The highest BCUT2D eigenvalue weighted by Gasteiger charge is 2.34. The minimum Gasteiger partial charge on any atom is -0.361 e. The van der Waals surface area contributed by atoms with Crippen molar-refractivity contribution in [2.75, 3.05) is 18.4 Å². The highest BCUT2D eigenvalue weighted by molar-refractivity contribution is 7.81. The molecule has 10 heteroatoms. The number of hydrogen-bond acceptors (Lipinski definition) is 6. The molecule has 1 aliphatic rings. The molecule has 0 bridgehead atoms. The Morgan fingerprint density at radius 1 is 1.27 bits per heavy atom. The lowest BCUT2D eigenvalue weighted by molar-refractivity contribution is -0.137. The van der Waals surface area contributed by atoms with Crippen LogP contribution in [0.4, 0.5) is 19.0 Å². The second kappa shape index (κ2) is 8.64. The first-order chi connectivity index (χ1) is 15.5. The summed E-state index contributed by atoms with van der Waals surface area (Å²) < 4.78 is 40.4. The number of anilines is 1. The number of rotatable bonds is 4. The number of aryl methyl sites for hydroxylation is 2. The van der Waals surface area contributed by atoms with Gasteiger partial charge >= 0.3 is 6.18 Å². The third kappa shape index (κ3) is 4.46. The molecule has 2 aromatic heterocycles. The molecule has 0 amide bonds. The van der Waals surface area contributed by atoms with Crippen molar-refractivity contribution in [3.63, 3.8) is 0 Å². The molecule has 0 aliphatic carbocycles. The Bertz CT molecular complexity index is 1250. The van der Waals surface area contributed by atoms with Crippen molar-refractivity contribution in [3.05, 3.63) is 63.1 Å². The standard InChI is InChI=1S/C23H26F3N5OS/c1-13(15-6-4-7-16(10-15)23(24,25)26)28-20-17-11-18(22(33)8-5-9-27-12-22)21(32)31(3)19(17)14(2)29-30-20/h4,6-7,10-11,13,27,33H,5,8-9,12H2,1-3H3,(H,28,30)/t13-,22?/m1/s1. The molecule has 3 heterocycles. The van der Waals surface area contributed by atoms with E-state index in [4.69, 9.17) is 12.6 Å². The molecule has 0 spiro atoms. The predicted molar refractivity (Wildman–Crippen MR) is 126 cm³/mol. The number of nitrogens with zero attached hydrogens (tertiary/aromatic N) is 3. The van der Waals surface area contributed by atoms with Gasteiger partial charge in [0.1, 0.15) is 0 Å². The Labute approximate surface area is 195 Å². The van der Waals surface area contributed by atoms with Crippen molar-refractivity contribution in [1.29, 1.82) is 0 Å². The quantitative estimate of drug-likeness (QED) is 0.488. The average Bonchev–Trinajstić information content (AvgIpc) is 2.77. The van der Waals surface area contributed by atoms with Crippen LogP contribution in [0.25, 0.3) is 10.9 Å². The van der Waals surface area contributed by atoms with Crippen molar-refractivity contribution >= 4 is 29.3 Å². The van der Waals surface area contributed by atoms with E-state index in [0.717, 1.165) is 31.5 Å². The van der Waals surface area contributed by atoms with Crippen LogP contribution in [-0.4, -0.2) is 27.9 Å². The Kier molecular flexibility index (Phi) is 6.17. The molecule has 6 nitrogen and oxygen atoms in total. The number of nitrogens with one attached hydrogen (secondary N) is 2. The molecule has 1 aromatic carbocycles. The maximum absolute atomic E-state index is 13.2. The van der Waals surface area contributed by atoms with Crippen LogP contribution in [0.1, 0.15) is 48.2 Å². The van der Waals surface area contributed by atoms with E-state index in [-0.39, 0.29) is 5.56 Å². The van der Waals surface area contributed by atoms with Gasteiger partial charge in [0.15, 0.2) is 5.82 Å². The molecular weight excluding hydrogens is 451 g/mol. The summed E-state index contributed by atoms with van der Waals surface area (Å²) in [5.41, 5.74) is 1.39. The second-order valence-corrected chi connectivity index (χ2v) is 9.48. The minimum atomic E-state index is -4.42. The van der Waals surface area contributed by atoms with Gasteiger partial charge < -0.3 is 15.2 Å². The van der Waals surface area contributed by atoms with Gasteiger partial charge in [-0.2, -0.15) is 30.9 Å². The fourth-order valence-corrected chi connectivity index (χ4v) is 4.84. The predicted octanol–water partition coefficient (Wildman–Crippen LogP) is 4.34. The number of thiol groups is 1. The third-order valence-electron chi connectivity index (χ3n) is 6.24. The fraction of sp³-hybridized carbons (Fsp3) is 0.435. The highest BCUT2D eigenvalue weighted by Crippen LogP contribution is 2.36. The number of piperidine rings is 1. The maximum Gasteiger partial charge on any atom is 0.416 e. The molecule has 176 valence electrons. The van der Waals surface area contributed by atoms with Crippen LogP contribution in [-0.2, 0) is 18.0 Å². The van der Waals surface area contributed by atoms with Crippen LogP contribution in [0.15, 0.2) is 35.1 Å². The SMILES string of the molecule is Cc1nnc(N[C@H](C)c2cccc(C(F)(F)F)c2)c2cc(C3(S)CCCNC3)c(=O)n(C)c12. The normalized spacial score (nSPS) is 20.1. The van der Waals surface area contributed by atoms with Crippen molar-refractivity contribution in [1.82, 2.24) is 20.1 Å². The van der Waals surface area contributed by atoms with Gasteiger partial charge in [0, 0.05) is 24.5 Å². The van der Waals surface area contributed by atoms with Gasteiger partial charge in [0.05, 0.1) is 27.6 Å². The van der Waals surface area contributed by atoms with E-state index in [9.17, 15) is 18.0 Å². The maximum atomic E-state index is 13.2. The molecule has 4 rings (SSSR count). The van der Waals surface area contributed by atoms with Gasteiger partial charge in [-0.1, -0.05) is 12.1 Å². The summed E-state index contributed by atoms with van der Waals surface area (Å²) in [4.78, 5) is 13.2. The summed E-state index contributed by atoms with van der Waals surface area (Å²) >= 11 is 4.87. The monoisotopic (exact) mass is 477 g/mol. The average molecular weight is 478 g/mol. The van der Waals surface area contributed by atoms with Gasteiger partial charge in [0.25, 0.3) is 5.56 Å². The lowest BCUT2D eigenvalue weighted by Crippen LogP contribution is -2.43. The molecule has 2 atom stereocenters. The first-order valence-corrected chi connectivity index (χ1v) is 11.2. The number of pyridine rings is 1. The number of fused-ring (bicyclic) bond motifs is 1. The van der Waals surface area contributed by atoms with E-state index in [2.05, 4.69) is 20.8 Å². The van der Waals surface area contributed by atoms with Crippen LogP contribution < -0.4 is 16.2 Å². The molecule has 1 saturated heterocycles. The molecule has 33 heavy (non-hydrogen) atoms. The summed E-state index contributed by atoms with van der Waals surface area (Å²) in [5, 5.41) is 15.7. The van der Waals surface area contributed by atoms with Gasteiger partial charge in [-0.05, 0) is 57.0 Å². The summed E-state index contributed by atoms with van der Waals surface area (Å²) in [6, 6.07) is 6.52. The van der Waals surface area contributed by atoms with Crippen molar-refractivity contribution in [2.24, 2.45) is 7.05 Å². The van der Waals surface area contributed by atoms with E-state index in [1.54, 1.807) is 37.6 Å². The molecule has 1 aliphatic heterocycles. The number of benzene rings is 1. The smallest absolute Gasteiger partial charge is 0.361 e. The summed E-state index contributed by atoms with van der Waals surface area (Å²) in [6.07, 6.45) is -2.77. The lowest BCUT2D eigenvalue weighted by atomic mass is 9.90. The van der Waals surface area contributed by atoms with Gasteiger partial charge in [-0.15, -0.1) is 5.10 Å². The fourth-order valence-electron chi connectivity index (χ4n) is 4.41. The topological polar surface area (TPSA) is 71.8 Å². The van der Waals surface area contributed by atoms with Crippen LogP contribution in [0.5, 0.6) is 0 Å². The second-order valence-electron chi connectivity index (χ2n) is 8.62. The van der Waals surface area contributed by atoms with Crippen molar-refractivity contribution in [3.8, 4) is 0 Å². The van der Waals surface area contributed by atoms with E-state index in [1.165, 1.54) is 6.07 Å². The Hall–Kier alpha value is -2.59. The van der Waals surface area contributed by atoms with Crippen molar-refractivity contribution in [2.45, 2.75) is 43.7 Å². The largest absolute Gasteiger partial charge is 0.416 e. The minimum absolute atomic E-state index is 0.144. The number of halogens is 3. The van der Waals surface area contributed by atoms with E-state index < -0.39 is 22.5 Å². The zero-order chi connectivity index (χ0) is 24.0. The van der Waals surface area contributed by atoms with Crippen LogP contribution in [0.2, 0.25) is 0 Å². The molecule has 2 N–H and O–H groups in total. The lowest BCUT2D eigenvalue weighted by Gasteiger charge is -2.33. The van der Waals surface area contributed by atoms with Crippen LogP contribution in [0, 0.1) is 6.92 Å². The summed E-state index contributed by atoms with van der Waals surface area (Å²) in [6.45, 7) is 4.98. The molecule has 1 unspecified atom stereocenters. The van der Waals surface area contributed by atoms with E-state index in [1.807, 2.05) is 0 Å².